The van der Waals surface area contributed by atoms with E-state index in [1.54, 1.807) is 55.3 Å². The first-order valence-electron chi connectivity index (χ1n) is 13.6. The number of hydrogen-bond donors (Lipinski definition) is 3. The molecule has 0 radical (unpaired) electrons. The van der Waals surface area contributed by atoms with Gasteiger partial charge < -0.3 is 39.8 Å². The number of rotatable bonds is 7. The number of anilines is 2. The number of nitrogens with one attached hydrogen (secondary N) is 2. The van der Waals surface area contributed by atoms with E-state index < -0.39 is 6.10 Å². The van der Waals surface area contributed by atoms with Crippen LogP contribution < -0.4 is 24.8 Å². The van der Waals surface area contributed by atoms with Gasteiger partial charge >= 0.3 is 6.03 Å². The van der Waals surface area contributed by atoms with Crippen molar-refractivity contribution in [3.8, 4) is 17.2 Å². The number of ether oxygens (including phenoxy) is 3. The van der Waals surface area contributed by atoms with Crippen LogP contribution in [0.4, 0.5) is 16.2 Å². The lowest BCUT2D eigenvalue weighted by atomic mass is 10.0. The van der Waals surface area contributed by atoms with Crippen molar-refractivity contribution in [1.29, 1.82) is 0 Å². The Morgan fingerprint density at radius 2 is 1.77 bits per heavy atom. The van der Waals surface area contributed by atoms with Crippen LogP contribution in [0, 0.1) is 11.8 Å². The Hall–Kier alpha value is -3.99. The lowest BCUT2D eigenvalue weighted by Crippen LogP contribution is -2.48. The molecular formula is C29H36N4O7. The first kappa shape index (κ1) is 27.6. The number of nitrogens with zero attached hydrogens (tertiary/aromatic N) is 2. The summed E-state index contributed by atoms with van der Waals surface area (Å²) in [5, 5.41) is 15.7. The summed E-state index contributed by atoms with van der Waals surface area (Å²) in [6, 6.07) is 9.80. The van der Waals surface area contributed by atoms with Crippen LogP contribution in [0.1, 0.15) is 32.3 Å². The predicted octanol–water partition coefficient (Wildman–Crippen LogP) is 3.08. The molecule has 3 atom stereocenters. The summed E-state index contributed by atoms with van der Waals surface area (Å²) in [6.45, 7) is 4.33. The van der Waals surface area contributed by atoms with Gasteiger partial charge in [0.15, 0.2) is 11.5 Å². The van der Waals surface area contributed by atoms with Crippen molar-refractivity contribution in [2.45, 2.75) is 45.3 Å². The third-order valence-electron chi connectivity index (χ3n) is 7.56. The minimum absolute atomic E-state index is 0.0209. The van der Waals surface area contributed by atoms with Gasteiger partial charge in [0.25, 0.3) is 0 Å². The van der Waals surface area contributed by atoms with Gasteiger partial charge in [0.2, 0.25) is 18.6 Å². The van der Waals surface area contributed by atoms with Crippen LogP contribution in [0.5, 0.6) is 17.2 Å². The van der Waals surface area contributed by atoms with Gasteiger partial charge in [0, 0.05) is 48.4 Å². The molecule has 0 bridgehead atoms. The molecular weight excluding hydrogens is 516 g/mol. The Morgan fingerprint density at radius 1 is 1.07 bits per heavy atom. The monoisotopic (exact) mass is 552 g/mol. The summed E-state index contributed by atoms with van der Waals surface area (Å²) in [4.78, 5) is 42.0. The molecule has 2 aliphatic heterocycles. The first-order chi connectivity index (χ1) is 19.2. The molecule has 11 nitrogen and oxygen atoms in total. The summed E-state index contributed by atoms with van der Waals surface area (Å²) < 4.78 is 17.2. The third-order valence-corrected chi connectivity index (χ3v) is 7.56. The van der Waals surface area contributed by atoms with E-state index in [2.05, 4.69) is 10.6 Å². The highest BCUT2D eigenvalue weighted by molar-refractivity contribution is 5.94. The zero-order valence-corrected chi connectivity index (χ0v) is 23.0. The number of hydrogen-bond acceptors (Lipinski definition) is 7. The Morgan fingerprint density at radius 3 is 2.50 bits per heavy atom. The Labute approximate surface area is 233 Å². The molecule has 1 aliphatic carbocycles. The molecule has 0 saturated heterocycles. The fraction of sp³-hybridized carbons (Fsp3) is 0.483. The molecule has 0 unspecified atom stereocenters. The second kappa shape index (κ2) is 11.6. The molecule has 40 heavy (non-hydrogen) atoms. The lowest BCUT2D eigenvalue weighted by molar-refractivity contribution is -0.134. The van der Waals surface area contributed by atoms with Gasteiger partial charge in [0.05, 0.1) is 25.6 Å². The Balaban J connectivity index is 1.35. The summed E-state index contributed by atoms with van der Waals surface area (Å²) in [5.41, 5.74) is 1.82. The number of aliphatic hydroxyl groups excluding tert-OH is 1. The normalized spacial score (nSPS) is 20.8. The molecule has 2 heterocycles. The second-order valence-electron chi connectivity index (χ2n) is 10.9. The van der Waals surface area contributed by atoms with Crippen LogP contribution in [0.3, 0.4) is 0 Å². The molecule has 3 N–H and O–H groups in total. The van der Waals surface area contributed by atoms with E-state index in [1.165, 1.54) is 4.90 Å². The maximum absolute atomic E-state index is 13.4. The number of urea groups is 1. The quantitative estimate of drug-likeness (QED) is 0.481. The molecule has 2 aromatic carbocycles. The zero-order valence-electron chi connectivity index (χ0n) is 23.0. The lowest BCUT2D eigenvalue weighted by Gasteiger charge is -2.34. The van der Waals surface area contributed by atoms with Crippen molar-refractivity contribution >= 4 is 29.2 Å². The molecule has 4 amide bonds. The third kappa shape index (κ3) is 6.25. The zero-order chi connectivity index (χ0) is 28.4. The van der Waals surface area contributed by atoms with Gasteiger partial charge in [0.1, 0.15) is 11.9 Å². The van der Waals surface area contributed by atoms with E-state index >= 15 is 0 Å². The number of carbonyl (C=O) groups is 3. The van der Waals surface area contributed by atoms with Crippen molar-refractivity contribution in [2.24, 2.45) is 11.8 Å². The number of aliphatic hydroxyl groups is 1. The highest BCUT2D eigenvalue weighted by atomic mass is 16.7. The molecule has 214 valence electrons. The number of fused-ring (bicyclic) bond motifs is 2. The van der Waals surface area contributed by atoms with Crippen LogP contribution in [0.25, 0.3) is 0 Å². The number of carbonyl (C=O) groups excluding carboxylic acids is 3. The number of likely N-dealkylation sites (N-methyl/N-ethyl adjacent to an activating group) is 1. The molecule has 1 fully saturated rings. The molecule has 3 aliphatic rings. The van der Waals surface area contributed by atoms with Crippen molar-refractivity contribution < 1.29 is 33.7 Å². The van der Waals surface area contributed by atoms with Crippen LogP contribution >= 0.6 is 0 Å². The van der Waals surface area contributed by atoms with Gasteiger partial charge in [-0.1, -0.05) is 6.92 Å². The van der Waals surface area contributed by atoms with Crippen molar-refractivity contribution in [2.75, 3.05) is 44.2 Å². The average Bonchev–Trinajstić information content (AvgIpc) is 3.68. The van der Waals surface area contributed by atoms with E-state index in [0.29, 0.717) is 40.7 Å². The molecule has 1 saturated carbocycles. The van der Waals surface area contributed by atoms with Crippen molar-refractivity contribution in [1.82, 2.24) is 9.80 Å². The van der Waals surface area contributed by atoms with Gasteiger partial charge in [-0.3, -0.25) is 9.59 Å². The van der Waals surface area contributed by atoms with E-state index in [4.69, 9.17) is 14.2 Å². The highest BCUT2D eigenvalue weighted by Crippen LogP contribution is 2.35. The Kier molecular flexibility index (Phi) is 8.02. The minimum Gasteiger partial charge on any atom is -0.488 e. The average molecular weight is 553 g/mol. The van der Waals surface area contributed by atoms with Gasteiger partial charge in [-0.25, -0.2) is 4.79 Å². The van der Waals surface area contributed by atoms with E-state index in [0.717, 1.165) is 12.8 Å². The van der Waals surface area contributed by atoms with Gasteiger partial charge in [-0.2, -0.15) is 0 Å². The molecule has 5 rings (SSSR count). The van der Waals surface area contributed by atoms with Crippen molar-refractivity contribution in [3.63, 3.8) is 0 Å². The smallest absolute Gasteiger partial charge is 0.321 e. The fourth-order valence-corrected chi connectivity index (χ4v) is 4.86. The predicted molar refractivity (Wildman–Crippen MR) is 148 cm³/mol. The van der Waals surface area contributed by atoms with Crippen LogP contribution in [0.15, 0.2) is 36.4 Å². The standard InChI is InChI=1S/C29H36N4O7/c1-17-13-33(18(2)15-34)27(35)11-20-10-21(30-28(36)19-4-5-19)6-8-23(20)40-26(17)14-32(3)29(37)31-22-7-9-24-25(12-22)39-16-38-24/h6-10,12,17-19,26,34H,4-5,11,13-16H2,1-3H3,(H,30,36)(H,31,37)/t17-,18-,26-/m1/s1. The summed E-state index contributed by atoms with van der Waals surface area (Å²) >= 11 is 0. The summed E-state index contributed by atoms with van der Waals surface area (Å²) in [7, 11) is 1.68. The highest BCUT2D eigenvalue weighted by Gasteiger charge is 2.33. The second-order valence-corrected chi connectivity index (χ2v) is 10.9. The SMILES string of the molecule is C[C@@H]1CN([C@H](C)CO)C(=O)Cc2cc(NC(=O)C3CC3)ccc2O[C@@H]1CN(C)C(=O)Nc1ccc2c(c1)OCO2. The Bertz CT molecular complexity index is 1280. The first-order valence-corrected chi connectivity index (χ1v) is 13.6. The van der Waals surface area contributed by atoms with Gasteiger partial charge in [-0.15, -0.1) is 0 Å². The minimum atomic E-state index is -0.461. The number of amides is 4. The van der Waals surface area contributed by atoms with E-state index in [-0.39, 0.29) is 62.1 Å². The number of benzene rings is 2. The maximum atomic E-state index is 13.4. The summed E-state index contributed by atoms with van der Waals surface area (Å²) in [6.07, 6.45) is 1.38. The molecule has 2 aromatic rings. The van der Waals surface area contributed by atoms with Gasteiger partial charge in [-0.05, 0) is 50.1 Å². The summed E-state index contributed by atoms with van der Waals surface area (Å²) in [5.74, 6) is 1.45. The van der Waals surface area contributed by atoms with Crippen LogP contribution in [-0.4, -0.2) is 78.4 Å². The molecule has 11 heteroatoms. The van der Waals surface area contributed by atoms with E-state index in [1.807, 2.05) is 6.92 Å². The van der Waals surface area contributed by atoms with Crippen molar-refractivity contribution in [3.05, 3.63) is 42.0 Å². The van der Waals surface area contributed by atoms with Crippen LogP contribution in [0.2, 0.25) is 0 Å². The topological polar surface area (TPSA) is 130 Å². The molecule has 0 spiro atoms. The fourth-order valence-electron chi connectivity index (χ4n) is 4.86. The maximum Gasteiger partial charge on any atom is 0.321 e. The van der Waals surface area contributed by atoms with Crippen LogP contribution in [-0.2, 0) is 16.0 Å². The van der Waals surface area contributed by atoms with E-state index in [9.17, 15) is 19.5 Å². The molecule has 0 aromatic heterocycles. The largest absolute Gasteiger partial charge is 0.488 e.